The number of morpholine rings is 1. The highest BCUT2D eigenvalue weighted by Crippen LogP contribution is 2.24. The summed E-state index contributed by atoms with van der Waals surface area (Å²) in [5, 5.41) is 7.21. The van der Waals surface area contributed by atoms with Crippen LogP contribution in [0.25, 0.3) is 0 Å². The van der Waals surface area contributed by atoms with Crippen molar-refractivity contribution < 1.29 is 9.53 Å². The van der Waals surface area contributed by atoms with E-state index >= 15 is 0 Å². The molecule has 100 valence electrons. The molecule has 1 amide bonds. The molecule has 0 spiro atoms. The van der Waals surface area contributed by atoms with E-state index < -0.39 is 0 Å². The monoisotopic (exact) mass is 268 g/mol. The predicted molar refractivity (Wildman–Crippen MR) is 72.8 cm³/mol. The first-order valence-electron chi connectivity index (χ1n) is 6.37. The fourth-order valence-electron chi connectivity index (χ4n) is 2.11. The molecule has 1 fully saturated rings. The van der Waals surface area contributed by atoms with E-state index in [1.807, 2.05) is 17.3 Å². The molecule has 1 aliphatic rings. The molecule has 5 heteroatoms. The Balaban J connectivity index is 1.84. The quantitative estimate of drug-likeness (QED) is 0.826. The first-order chi connectivity index (χ1) is 8.81. The molecule has 1 aliphatic heterocycles. The van der Waals surface area contributed by atoms with Crippen LogP contribution in [0, 0.1) is 0 Å². The van der Waals surface area contributed by atoms with E-state index in [0.717, 1.165) is 19.5 Å². The van der Waals surface area contributed by atoms with Crippen LogP contribution >= 0.6 is 11.3 Å². The highest BCUT2D eigenvalue weighted by Gasteiger charge is 2.25. The van der Waals surface area contributed by atoms with Gasteiger partial charge in [0.15, 0.2) is 0 Å². The molecule has 0 aliphatic carbocycles. The van der Waals surface area contributed by atoms with Gasteiger partial charge in [-0.3, -0.25) is 4.79 Å². The fraction of sp³-hybridized carbons (Fsp3) is 0.615. The Hall–Kier alpha value is -0.910. The maximum Gasteiger partial charge on any atom is 0.222 e. The lowest BCUT2D eigenvalue weighted by Crippen LogP contribution is -2.42. The molecule has 1 unspecified atom stereocenters. The molecule has 18 heavy (non-hydrogen) atoms. The van der Waals surface area contributed by atoms with Gasteiger partial charge in [-0.25, -0.2) is 0 Å². The molecule has 1 N–H and O–H groups in total. The molecule has 0 radical (unpaired) electrons. The Morgan fingerprint density at radius 2 is 2.56 bits per heavy atom. The average Bonchev–Trinajstić information content (AvgIpc) is 2.93. The van der Waals surface area contributed by atoms with Gasteiger partial charge in [-0.05, 0) is 42.4 Å². The summed E-state index contributed by atoms with van der Waals surface area (Å²) in [4.78, 5) is 14.0. The van der Waals surface area contributed by atoms with Gasteiger partial charge in [-0.1, -0.05) is 0 Å². The van der Waals surface area contributed by atoms with Crippen LogP contribution in [-0.2, 0) is 9.53 Å². The minimum absolute atomic E-state index is 0.0539. The van der Waals surface area contributed by atoms with Crippen molar-refractivity contribution in [2.24, 2.45) is 0 Å². The molecule has 4 nitrogen and oxygen atoms in total. The second-order valence-electron chi connectivity index (χ2n) is 4.46. The number of nitrogens with zero attached hydrogens (tertiary/aromatic N) is 1. The molecule has 1 aromatic heterocycles. The lowest BCUT2D eigenvalue weighted by Gasteiger charge is -2.32. The van der Waals surface area contributed by atoms with Crippen molar-refractivity contribution in [3.8, 4) is 0 Å². The Bertz CT molecular complexity index is 367. The SMILES string of the molecule is CNCCCC(=O)N1CCOC(c2ccsc2)C1. The smallest absolute Gasteiger partial charge is 0.222 e. The third-order valence-corrected chi connectivity index (χ3v) is 3.85. The molecule has 0 aromatic carbocycles. The summed E-state index contributed by atoms with van der Waals surface area (Å²) in [7, 11) is 1.91. The standard InChI is InChI=1S/C13H20N2O2S/c1-14-5-2-3-13(16)15-6-7-17-12(9-15)11-4-8-18-10-11/h4,8,10,12,14H,2-3,5-7,9H2,1H3. The molecule has 1 aromatic rings. The van der Waals surface area contributed by atoms with E-state index in [1.54, 1.807) is 11.3 Å². The van der Waals surface area contributed by atoms with Crippen LogP contribution in [0.2, 0.25) is 0 Å². The molecule has 1 saturated heterocycles. The lowest BCUT2D eigenvalue weighted by molar-refractivity contribution is -0.139. The maximum atomic E-state index is 12.0. The number of carbonyl (C=O) groups excluding carboxylic acids is 1. The topological polar surface area (TPSA) is 41.6 Å². The summed E-state index contributed by atoms with van der Waals surface area (Å²) in [6.07, 6.45) is 1.57. The van der Waals surface area contributed by atoms with E-state index in [2.05, 4.69) is 16.8 Å². The molecular formula is C13H20N2O2S. The maximum absolute atomic E-state index is 12.0. The molecular weight excluding hydrogens is 248 g/mol. The molecule has 1 atom stereocenters. The molecule has 2 heterocycles. The number of amides is 1. The zero-order valence-corrected chi connectivity index (χ0v) is 11.5. The van der Waals surface area contributed by atoms with Crippen LogP contribution in [0.5, 0.6) is 0 Å². The van der Waals surface area contributed by atoms with Gasteiger partial charge in [-0.2, -0.15) is 11.3 Å². The summed E-state index contributed by atoms with van der Waals surface area (Å²) >= 11 is 1.67. The zero-order chi connectivity index (χ0) is 12.8. The van der Waals surface area contributed by atoms with Crippen molar-refractivity contribution in [1.82, 2.24) is 10.2 Å². The largest absolute Gasteiger partial charge is 0.370 e. The third kappa shape index (κ3) is 3.54. The Kier molecular flexibility index (Phi) is 5.16. The fourth-order valence-corrected chi connectivity index (χ4v) is 2.81. The summed E-state index contributed by atoms with van der Waals surface area (Å²) in [5.41, 5.74) is 1.19. The van der Waals surface area contributed by atoms with Crippen LogP contribution in [0.4, 0.5) is 0 Å². The summed E-state index contributed by atoms with van der Waals surface area (Å²) in [5.74, 6) is 0.244. The third-order valence-electron chi connectivity index (χ3n) is 3.15. The van der Waals surface area contributed by atoms with Crippen LogP contribution in [0.3, 0.4) is 0 Å². The van der Waals surface area contributed by atoms with Gasteiger partial charge in [0.2, 0.25) is 5.91 Å². The van der Waals surface area contributed by atoms with Gasteiger partial charge in [0.05, 0.1) is 13.2 Å². The van der Waals surface area contributed by atoms with Gasteiger partial charge in [0.25, 0.3) is 0 Å². The van der Waals surface area contributed by atoms with Crippen LogP contribution in [0.1, 0.15) is 24.5 Å². The molecule has 0 bridgehead atoms. The number of nitrogens with one attached hydrogen (secondary N) is 1. The Morgan fingerprint density at radius 3 is 3.28 bits per heavy atom. The molecule has 2 rings (SSSR count). The van der Waals surface area contributed by atoms with Gasteiger partial charge < -0.3 is 15.0 Å². The van der Waals surface area contributed by atoms with E-state index in [0.29, 0.717) is 19.6 Å². The minimum atomic E-state index is 0.0539. The Morgan fingerprint density at radius 1 is 1.67 bits per heavy atom. The number of hydrogen-bond acceptors (Lipinski definition) is 4. The number of carbonyl (C=O) groups is 1. The van der Waals surface area contributed by atoms with Crippen molar-refractivity contribution in [2.75, 3.05) is 33.3 Å². The number of rotatable bonds is 5. The average molecular weight is 268 g/mol. The first-order valence-corrected chi connectivity index (χ1v) is 7.31. The summed E-state index contributed by atoms with van der Waals surface area (Å²) in [6.45, 7) is 2.94. The molecule has 0 saturated carbocycles. The summed E-state index contributed by atoms with van der Waals surface area (Å²) in [6, 6.07) is 2.07. The minimum Gasteiger partial charge on any atom is -0.370 e. The normalized spacial score (nSPS) is 20.1. The van der Waals surface area contributed by atoms with Gasteiger partial charge in [-0.15, -0.1) is 0 Å². The van der Waals surface area contributed by atoms with Crippen molar-refractivity contribution >= 4 is 17.2 Å². The second kappa shape index (κ2) is 6.87. The first kappa shape index (κ1) is 13.5. The van der Waals surface area contributed by atoms with Gasteiger partial charge in [0.1, 0.15) is 6.10 Å². The highest BCUT2D eigenvalue weighted by molar-refractivity contribution is 7.07. The second-order valence-corrected chi connectivity index (χ2v) is 5.24. The van der Waals surface area contributed by atoms with Gasteiger partial charge in [0, 0.05) is 13.0 Å². The van der Waals surface area contributed by atoms with Crippen LogP contribution in [-0.4, -0.2) is 44.1 Å². The van der Waals surface area contributed by atoms with Gasteiger partial charge >= 0.3 is 0 Å². The van der Waals surface area contributed by atoms with E-state index in [-0.39, 0.29) is 12.0 Å². The van der Waals surface area contributed by atoms with E-state index in [1.165, 1.54) is 5.56 Å². The summed E-state index contributed by atoms with van der Waals surface area (Å²) < 4.78 is 5.73. The number of hydrogen-bond donors (Lipinski definition) is 1. The van der Waals surface area contributed by atoms with Crippen molar-refractivity contribution in [2.45, 2.75) is 18.9 Å². The highest BCUT2D eigenvalue weighted by atomic mass is 32.1. The van der Waals surface area contributed by atoms with Crippen LogP contribution in [0.15, 0.2) is 16.8 Å². The lowest BCUT2D eigenvalue weighted by atomic mass is 10.1. The predicted octanol–water partition coefficient (Wildman–Crippen LogP) is 1.65. The number of ether oxygens (including phenoxy) is 1. The number of thiophene rings is 1. The van der Waals surface area contributed by atoms with E-state index in [4.69, 9.17) is 4.74 Å². The van der Waals surface area contributed by atoms with E-state index in [9.17, 15) is 4.79 Å². The zero-order valence-electron chi connectivity index (χ0n) is 10.7. The van der Waals surface area contributed by atoms with Crippen molar-refractivity contribution in [1.29, 1.82) is 0 Å². The van der Waals surface area contributed by atoms with Crippen LogP contribution < -0.4 is 5.32 Å². The van der Waals surface area contributed by atoms with Crippen molar-refractivity contribution in [3.63, 3.8) is 0 Å². The Labute approximate surface area is 112 Å². The van der Waals surface area contributed by atoms with Crippen molar-refractivity contribution in [3.05, 3.63) is 22.4 Å².